The number of hydrogen-bond donors (Lipinski definition) is 1. The molecule has 1 aromatic heterocycles. The standard InChI is InChI=1S/C22H28N4O3/c27-22(26-11-4-10-25(12-13-26)19-5-2-1-3-6-19)24-16-18-7-9-23-21(15-18)29-20-8-14-28-17-20/h1-3,5-7,9,15,20H,4,8,10-14,16-17H2,(H,24,27). The molecule has 2 fully saturated rings. The second kappa shape index (κ2) is 9.60. The minimum Gasteiger partial charge on any atom is -0.472 e. The zero-order valence-corrected chi connectivity index (χ0v) is 16.6. The first kappa shape index (κ1) is 19.5. The molecule has 1 N–H and O–H groups in total. The summed E-state index contributed by atoms with van der Waals surface area (Å²) in [6.45, 7) is 5.08. The molecule has 3 heterocycles. The second-order valence-electron chi connectivity index (χ2n) is 7.43. The van der Waals surface area contributed by atoms with Gasteiger partial charge in [0.1, 0.15) is 6.10 Å². The number of anilines is 1. The van der Waals surface area contributed by atoms with E-state index in [-0.39, 0.29) is 12.1 Å². The summed E-state index contributed by atoms with van der Waals surface area (Å²) in [5, 5.41) is 3.03. The van der Waals surface area contributed by atoms with Crippen molar-refractivity contribution < 1.29 is 14.3 Å². The van der Waals surface area contributed by atoms with Crippen molar-refractivity contribution in [2.24, 2.45) is 0 Å². The predicted molar refractivity (Wildman–Crippen MR) is 111 cm³/mol. The van der Waals surface area contributed by atoms with Crippen molar-refractivity contribution in [3.05, 3.63) is 54.2 Å². The maximum absolute atomic E-state index is 12.7. The van der Waals surface area contributed by atoms with E-state index in [1.165, 1.54) is 5.69 Å². The van der Waals surface area contributed by atoms with Crippen molar-refractivity contribution in [2.45, 2.75) is 25.5 Å². The Morgan fingerprint density at radius 1 is 1.17 bits per heavy atom. The van der Waals surface area contributed by atoms with Crippen LogP contribution in [0.3, 0.4) is 0 Å². The Morgan fingerprint density at radius 2 is 2.07 bits per heavy atom. The van der Waals surface area contributed by atoms with Crippen LogP contribution in [0.1, 0.15) is 18.4 Å². The van der Waals surface area contributed by atoms with Gasteiger partial charge in [-0.2, -0.15) is 0 Å². The average Bonchev–Trinajstić information content (AvgIpc) is 3.14. The Hall–Kier alpha value is -2.80. The van der Waals surface area contributed by atoms with Crippen LogP contribution in [0.2, 0.25) is 0 Å². The Morgan fingerprint density at radius 3 is 2.90 bits per heavy atom. The normalized spacial score (nSPS) is 19.7. The topological polar surface area (TPSA) is 66.9 Å². The number of nitrogens with zero attached hydrogens (tertiary/aromatic N) is 3. The van der Waals surface area contributed by atoms with Gasteiger partial charge in [-0.15, -0.1) is 0 Å². The highest BCUT2D eigenvalue weighted by Crippen LogP contribution is 2.17. The molecule has 0 bridgehead atoms. The van der Waals surface area contributed by atoms with Gasteiger partial charge in [0.15, 0.2) is 0 Å². The lowest BCUT2D eigenvalue weighted by atomic mass is 10.2. The first-order valence-electron chi connectivity index (χ1n) is 10.3. The van der Waals surface area contributed by atoms with Gasteiger partial charge in [-0.1, -0.05) is 18.2 Å². The lowest BCUT2D eigenvalue weighted by Crippen LogP contribution is -2.41. The van der Waals surface area contributed by atoms with Crippen LogP contribution >= 0.6 is 0 Å². The molecule has 0 aliphatic carbocycles. The molecular weight excluding hydrogens is 368 g/mol. The van der Waals surface area contributed by atoms with Gasteiger partial charge in [-0.25, -0.2) is 9.78 Å². The van der Waals surface area contributed by atoms with Crippen molar-refractivity contribution in [3.63, 3.8) is 0 Å². The first-order chi connectivity index (χ1) is 14.3. The summed E-state index contributed by atoms with van der Waals surface area (Å²) in [5.41, 5.74) is 2.19. The van der Waals surface area contributed by atoms with Crippen LogP contribution in [-0.2, 0) is 11.3 Å². The quantitative estimate of drug-likeness (QED) is 0.842. The fraction of sp³-hybridized carbons (Fsp3) is 0.455. The van der Waals surface area contributed by atoms with Crippen molar-refractivity contribution in [1.82, 2.24) is 15.2 Å². The van der Waals surface area contributed by atoms with Gasteiger partial charge >= 0.3 is 6.03 Å². The second-order valence-corrected chi connectivity index (χ2v) is 7.43. The number of carbonyl (C=O) groups is 1. The number of pyridine rings is 1. The third-order valence-electron chi connectivity index (χ3n) is 5.32. The summed E-state index contributed by atoms with van der Waals surface area (Å²) in [4.78, 5) is 21.2. The maximum Gasteiger partial charge on any atom is 0.317 e. The monoisotopic (exact) mass is 396 g/mol. The molecule has 1 atom stereocenters. The van der Waals surface area contributed by atoms with E-state index in [0.29, 0.717) is 25.6 Å². The highest BCUT2D eigenvalue weighted by atomic mass is 16.5. The summed E-state index contributed by atoms with van der Waals surface area (Å²) in [5.74, 6) is 0.584. The van der Waals surface area contributed by atoms with Crippen LogP contribution in [0.25, 0.3) is 0 Å². The average molecular weight is 396 g/mol. The van der Waals surface area contributed by atoms with Gasteiger partial charge in [0.05, 0.1) is 13.2 Å². The van der Waals surface area contributed by atoms with E-state index >= 15 is 0 Å². The van der Waals surface area contributed by atoms with Crippen molar-refractivity contribution in [3.8, 4) is 5.88 Å². The molecule has 29 heavy (non-hydrogen) atoms. The number of urea groups is 1. The number of carbonyl (C=O) groups excluding carboxylic acids is 1. The molecule has 4 rings (SSSR count). The molecule has 2 amide bonds. The van der Waals surface area contributed by atoms with Gasteiger partial charge in [0, 0.05) is 57.1 Å². The third-order valence-corrected chi connectivity index (χ3v) is 5.32. The maximum atomic E-state index is 12.7. The summed E-state index contributed by atoms with van der Waals surface area (Å²) < 4.78 is 11.2. The molecule has 0 radical (unpaired) electrons. The van der Waals surface area contributed by atoms with E-state index in [2.05, 4.69) is 39.5 Å². The highest BCUT2D eigenvalue weighted by molar-refractivity contribution is 5.74. The molecule has 7 heteroatoms. The first-order valence-corrected chi connectivity index (χ1v) is 10.3. The predicted octanol–water partition coefficient (Wildman–Crippen LogP) is 2.67. The van der Waals surface area contributed by atoms with Gasteiger partial charge in [-0.3, -0.25) is 0 Å². The summed E-state index contributed by atoms with van der Waals surface area (Å²) in [6.07, 6.45) is 3.63. The Bertz CT molecular complexity index is 796. The molecule has 0 spiro atoms. The van der Waals surface area contributed by atoms with Crippen LogP contribution in [0.4, 0.5) is 10.5 Å². The SMILES string of the molecule is O=C(NCc1ccnc(OC2CCOC2)c1)N1CCCN(c2ccccc2)CC1. The zero-order chi connectivity index (χ0) is 19.9. The van der Waals surface area contributed by atoms with Crippen molar-refractivity contribution in [1.29, 1.82) is 0 Å². The van der Waals surface area contributed by atoms with Crippen LogP contribution in [0.15, 0.2) is 48.7 Å². The van der Waals surface area contributed by atoms with E-state index in [0.717, 1.165) is 44.6 Å². The number of aromatic nitrogens is 1. The van der Waals surface area contributed by atoms with E-state index in [1.54, 1.807) is 6.20 Å². The fourth-order valence-electron chi connectivity index (χ4n) is 3.71. The number of benzene rings is 1. The van der Waals surface area contributed by atoms with Crippen LogP contribution in [-0.4, -0.2) is 61.4 Å². The molecule has 154 valence electrons. The number of para-hydroxylation sites is 1. The Kier molecular flexibility index (Phi) is 6.46. The lowest BCUT2D eigenvalue weighted by Gasteiger charge is -2.24. The smallest absolute Gasteiger partial charge is 0.317 e. The van der Waals surface area contributed by atoms with Gasteiger partial charge < -0.3 is 24.6 Å². The number of nitrogens with one attached hydrogen (secondary N) is 1. The molecule has 2 aliphatic heterocycles. The number of rotatable bonds is 5. The van der Waals surface area contributed by atoms with Crippen LogP contribution in [0.5, 0.6) is 5.88 Å². The van der Waals surface area contributed by atoms with Gasteiger partial charge in [-0.05, 0) is 30.2 Å². The largest absolute Gasteiger partial charge is 0.472 e. The van der Waals surface area contributed by atoms with Crippen molar-refractivity contribution in [2.75, 3.05) is 44.3 Å². The molecule has 7 nitrogen and oxygen atoms in total. The fourth-order valence-corrected chi connectivity index (χ4v) is 3.71. The molecule has 1 aromatic carbocycles. The Balaban J connectivity index is 1.27. The Labute approximate surface area is 171 Å². The number of amides is 2. The summed E-state index contributed by atoms with van der Waals surface area (Å²) >= 11 is 0. The molecule has 2 aromatic rings. The number of hydrogen-bond acceptors (Lipinski definition) is 5. The van der Waals surface area contributed by atoms with E-state index in [9.17, 15) is 4.79 Å². The lowest BCUT2D eigenvalue weighted by molar-refractivity contribution is 0.138. The molecular formula is C22H28N4O3. The number of ether oxygens (including phenoxy) is 2. The minimum absolute atomic E-state index is 0.0246. The molecule has 0 saturated carbocycles. The van der Waals surface area contributed by atoms with Gasteiger partial charge in [0.2, 0.25) is 5.88 Å². The zero-order valence-electron chi connectivity index (χ0n) is 16.6. The molecule has 2 aliphatic rings. The summed E-state index contributed by atoms with van der Waals surface area (Å²) in [7, 11) is 0. The minimum atomic E-state index is -0.0246. The van der Waals surface area contributed by atoms with Crippen molar-refractivity contribution >= 4 is 11.7 Å². The molecule has 2 saturated heterocycles. The van der Waals surface area contributed by atoms with Crippen LogP contribution < -0.4 is 15.0 Å². The van der Waals surface area contributed by atoms with E-state index < -0.39 is 0 Å². The van der Waals surface area contributed by atoms with E-state index in [4.69, 9.17) is 9.47 Å². The van der Waals surface area contributed by atoms with Gasteiger partial charge in [0.25, 0.3) is 0 Å². The summed E-state index contributed by atoms with van der Waals surface area (Å²) in [6, 6.07) is 14.1. The third kappa shape index (κ3) is 5.38. The highest BCUT2D eigenvalue weighted by Gasteiger charge is 2.20. The van der Waals surface area contributed by atoms with E-state index in [1.807, 2.05) is 23.1 Å². The van der Waals surface area contributed by atoms with Crippen LogP contribution in [0, 0.1) is 0 Å². The molecule has 1 unspecified atom stereocenters.